The van der Waals surface area contributed by atoms with E-state index < -0.39 is 16.8 Å². The Morgan fingerprint density at radius 3 is 1.97 bits per heavy atom. The molecule has 5 aromatic rings. The number of nitrogens with zero attached hydrogens (tertiary/aromatic N) is 2. The Balaban J connectivity index is 1.83. The molecule has 0 amide bonds. The van der Waals surface area contributed by atoms with Gasteiger partial charge in [0.05, 0.1) is 23.1 Å². The minimum atomic E-state index is -0.705. The van der Waals surface area contributed by atoms with Crippen molar-refractivity contribution in [2.45, 2.75) is 5.92 Å². The number of rotatable bonds is 5. The molecule has 5 rings (SSSR count). The van der Waals surface area contributed by atoms with Gasteiger partial charge in [0.15, 0.2) is 0 Å². The van der Waals surface area contributed by atoms with Gasteiger partial charge in [0, 0.05) is 16.8 Å². The van der Waals surface area contributed by atoms with E-state index in [9.17, 15) is 14.9 Å². The SMILES string of the molecule is COC(=O)C(c1ccccc1)c1ccc([N+](=O)[O-])c(-n2c3ccccc3c3ccccc32)c1. The Hall–Kier alpha value is -4.45. The standard InChI is InChI=1S/C27H20N2O4/c1-33-27(30)26(18-9-3-2-4-10-18)19-15-16-24(29(31)32)25(17-19)28-22-13-7-5-11-20(22)21-12-6-8-14-23(21)28/h2-17,26H,1H3. The number of carbonyl (C=O) groups excluding carboxylic acids is 1. The first-order valence-electron chi connectivity index (χ1n) is 10.5. The van der Waals surface area contributed by atoms with Gasteiger partial charge in [-0.2, -0.15) is 0 Å². The van der Waals surface area contributed by atoms with Crippen molar-refractivity contribution in [2.75, 3.05) is 7.11 Å². The van der Waals surface area contributed by atoms with Gasteiger partial charge in [0.25, 0.3) is 5.69 Å². The Kier molecular flexibility index (Phi) is 5.11. The number of hydrogen-bond donors (Lipinski definition) is 0. The number of ether oxygens (including phenoxy) is 1. The number of aromatic nitrogens is 1. The number of hydrogen-bond acceptors (Lipinski definition) is 4. The number of esters is 1. The molecule has 0 N–H and O–H groups in total. The van der Waals surface area contributed by atoms with E-state index in [0.29, 0.717) is 11.3 Å². The summed E-state index contributed by atoms with van der Waals surface area (Å²) in [5.41, 5.74) is 3.45. The van der Waals surface area contributed by atoms with E-state index in [0.717, 1.165) is 27.4 Å². The lowest BCUT2D eigenvalue weighted by atomic mass is 9.90. The molecular weight excluding hydrogens is 416 g/mol. The van der Waals surface area contributed by atoms with Crippen LogP contribution in [0.5, 0.6) is 0 Å². The Labute approximate surface area is 189 Å². The topological polar surface area (TPSA) is 74.4 Å². The van der Waals surface area contributed by atoms with Crippen molar-refractivity contribution < 1.29 is 14.5 Å². The average molecular weight is 436 g/mol. The third kappa shape index (κ3) is 3.42. The molecule has 1 unspecified atom stereocenters. The predicted octanol–water partition coefficient (Wildman–Crippen LogP) is 6.00. The summed E-state index contributed by atoms with van der Waals surface area (Å²) in [4.78, 5) is 24.4. The second-order valence-corrected chi connectivity index (χ2v) is 7.74. The number of nitro benzene ring substituents is 1. The Bertz CT molecular complexity index is 1450. The van der Waals surface area contributed by atoms with Crippen LogP contribution in [0, 0.1) is 10.1 Å². The van der Waals surface area contributed by atoms with Crippen LogP contribution in [-0.2, 0) is 9.53 Å². The summed E-state index contributed by atoms with van der Waals surface area (Å²) in [5.74, 6) is -1.13. The predicted molar refractivity (Wildman–Crippen MR) is 128 cm³/mol. The van der Waals surface area contributed by atoms with Crippen LogP contribution in [0.1, 0.15) is 17.0 Å². The van der Waals surface area contributed by atoms with Gasteiger partial charge in [-0.05, 0) is 29.3 Å². The average Bonchev–Trinajstić information content (AvgIpc) is 3.19. The summed E-state index contributed by atoms with van der Waals surface area (Å²) in [6.45, 7) is 0. The van der Waals surface area contributed by atoms with Gasteiger partial charge in [-0.3, -0.25) is 14.9 Å². The Morgan fingerprint density at radius 1 is 0.818 bits per heavy atom. The van der Waals surface area contributed by atoms with Crippen LogP contribution in [0.15, 0.2) is 97.1 Å². The fourth-order valence-electron chi connectivity index (χ4n) is 4.46. The molecule has 0 fully saturated rings. The molecule has 6 nitrogen and oxygen atoms in total. The molecule has 0 saturated carbocycles. The molecular formula is C27H20N2O4. The normalized spacial score (nSPS) is 12.0. The number of para-hydroxylation sites is 2. The molecule has 0 aliphatic heterocycles. The fourth-order valence-corrected chi connectivity index (χ4v) is 4.46. The lowest BCUT2D eigenvalue weighted by Crippen LogP contribution is -2.16. The number of carbonyl (C=O) groups is 1. The van der Waals surface area contributed by atoms with Crippen LogP contribution in [0.4, 0.5) is 5.69 Å². The zero-order chi connectivity index (χ0) is 22.9. The first kappa shape index (κ1) is 20.5. The van der Waals surface area contributed by atoms with Gasteiger partial charge in [-0.25, -0.2) is 0 Å². The van der Waals surface area contributed by atoms with E-state index in [1.165, 1.54) is 13.2 Å². The second kappa shape index (κ2) is 8.24. The molecule has 162 valence electrons. The molecule has 0 radical (unpaired) electrons. The van der Waals surface area contributed by atoms with Crippen LogP contribution < -0.4 is 0 Å². The van der Waals surface area contributed by atoms with E-state index in [4.69, 9.17) is 4.74 Å². The zero-order valence-electron chi connectivity index (χ0n) is 17.8. The van der Waals surface area contributed by atoms with E-state index in [2.05, 4.69) is 0 Å². The van der Waals surface area contributed by atoms with Crippen LogP contribution in [0.25, 0.3) is 27.5 Å². The second-order valence-electron chi connectivity index (χ2n) is 7.74. The van der Waals surface area contributed by atoms with Gasteiger partial charge in [0.1, 0.15) is 11.6 Å². The maximum atomic E-state index is 12.8. The minimum Gasteiger partial charge on any atom is -0.468 e. The smallest absolute Gasteiger partial charge is 0.317 e. The highest BCUT2D eigenvalue weighted by molar-refractivity contribution is 6.09. The first-order valence-corrected chi connectivity index (χ1v) is 10.5. The van der Waals surface area contributed by atoms with Crippen LogP contribution >= 0.6 is 0 Å². The van der Waals surface area contributed by atoms with Crippen LogP contribution in [0.3, 0.4) is 0 Å². The molecule has 0 spiro atoms. The molecule has 1 aromatic heterocycles. The molecule has 4 aromatic carbocycles. The van der Waals surface area contributed by atoms with E-state index in [1.807, 2.05) is 83.4 Å². The van der Waals surface area contributed by atoms with E-state index >= 15 is 0 Å². The maximum absolute atomic E-state index is 12.8. The minimum absolute atomic E-state index is 0.0399. The van der Waals surface area contributed by atoms with Crippen molar-refractivity contribution in [3.05, 3.63) is 118 Å². The van der Waals surface area contributed by atoms with Gasteiger partial charge < -0.3 is 9.30 Å². The van der Waals surface area contributed by atoms with Crippen molar-refractivity contribution >= 4 is 33.5 Å². The van der Waals surface area contributed by atoms with Crippen LogP contribution in [-0.4, -0.2) is 22.6 Å². The highest BCUT2D eigenvalue weighted by Crippen LogP contribution is 2.37. The third-order valence-corrected chi connectivity index (χ3v) is 5.92. The molecule has 6 heteroatoms. The lowest BCUT2D eigenvalue weighted by Gasteiger charge is -2.17. The number of methoxy groups -OCH3 is 1. The lowest BCUT2D eigenvalue weighted by molar-refractivity contribution is -0.384. The van der Waals surface area contributed by atoms with Gasteiger partial charge in [0.2, 0.25) is 0 Å². The number of benzene rings is 4. The first-order chi connectivity index (χ1) is 16.1. The van der Waals surface area contributed by atoms with Crippen molar-refractivity contribution in [3.63, 3.8) is 0 Å². The fraction of sp³-hybridized carbons (Fsp3) is 0.0741. The largest absolute Gasteiger partial charge is 0.468 e. The molecule has 0 bridgehead atoms. The third-order valence-electron chi connectivity index (χ3n) is 5.92. The molecule has 0 aliphatic carbocycles. The number of nitro groups is 1. The van der Waals surface area contributed by atoms with Crippen molar-refractivity contribution in [1.82, 2.24) is 4.57 Å². The van der Waals surface area contributed by atoms with Crippen molar-refractivity contribution in [2.24, 2.45) is 0 Å². The molecule has 1 heterocycles. The van der Waals surface area contributed by atoms with Gasteiger partial charge in [-0.1, -0.05) is 72.8 Å². The monoisotopic (exact) mass is 436 g/mol. The summed E-state index contributed by atoms with van der Waals surface area (Å²) in [5, 5.41) is 14.0. The van der Waals surface area contributed by atoms with Crippen molar-refractivity contribution in [1.29, 1.82) is 0 Å². The molecule has 1 atom stereocenters. The quantitative estimate of drug-likeness (QED) is 0.192. The van der Waals surface area contributed by atoms with E-state index in [1.54, 1.807) is 12.1 Å². The zero-order valence-corrected chi connectivity index (χ0v) is 17.8. The highest BCUT2D eigenvalue weighted by Gasteiger charge is 2.27. The summed E-state index contributed by atoms with van der Waals surface area (Å²) in [6, 6.07) is 29.7. The van der Waals surface area contributed by atoms with Crippen molar-refractivity contribution in [3.8, 4) is 5.69 Å². The molecule has 0 saturated heterocycles. The summed E-state index contributed by atoms with van der Waals surface area (Å²) in [6.07, 6.45) is 0. The maximum Gasteiger partial charge on any atom is 0.317 e. The summed E-state index contributed by atoms with van der Waals surface area (Å²) in [7, 11) is 1.34. The van der Waals surface area contributed by atoms with Gasteiger partial charge in [-0.15, -0.1) is 0 Å². The highest BCUT2D eigenvalue weighted by atomic mass is 16.6. The molecule has 0 aliphatic rings. The molecule has 33 heavy (non-hydrogen) atoms. The number of fused-ring (bicyclic) bond motifs is 3. The summed E-state index contributed by atoms with van der Waals surface area (Å²) < 4.78 is 6.98. The Morgan fingerprint density at radius 2 is 1.39 bits per heavy atom. The summed E-state index contributed by atoms with van der Waals surface area (Å²) >= 11 is 0. The van der Waals surface area contributed by atoms with E-state index in [-0.39, 0.29) is 5.69 Å². The van der Waals surface area contributed by atoms with Crippen LogP contribution in [0.2, 0.25) is 0 Å². The van der Waals surface area contributed by atoms with Gasteiger partial charge >= 0.3 is 5.97 Å².